The van der Waals surface area contributed by atoms with Crippen molar-refractivity contribution in [2.75, 3.05) is 23.7 Å². The van der Waals surface area contributed by atoms with E-state index in [0.29, 0.717) is 33.9 Å². The summed E-state index contributed by atoms with van der Waals surface area (Å²) in [6.45, 7) is 3.08. The van der Waals surface area contributed by atoms with Crippen molar-refractivity contribution < 1.29 is 26.8 Å². The van der Waals surface area contributed by atoms with Crippen LogP contribution in [0, 0.1) is 11.6 Å². The summed E-state index contributed by atoms with van der Waals surface area (Å²) in [5.74, 6) is -3.52. The Labute approximate surface area is 197 Å². The summed E-state index contributed by atoms with van der Waals surface area (Å²) in [4.78, 5) is 27.1. The second-order valence-corrected chi connectivity index (χ2v) is 9.83. The summed E-state index contributed by atoms with van der Waals surface area (Å²) in [6, 6.07) is 8.28. The smallest absolute Gasteiger partial charge is 0.244 e. The Hall–Kier alpha value is -2.72. The summed E-state index contributed by atoms with van der Waals surface area (Å²) in [7, 11) is -4.04. The number of nitrogens with zero attached hydrogens (tertiary/aromatic N) is 2. The van der Waals surface area contributed by atoms with Crippen LogP contribution in [0.15, 0.2) is 42.5 Å². The predicted octanol–water partition coefficient (Wildman–Crippen LogP) is 3.33. The van der Waals surface area contributed by atoms with Crippen LogP contribution in [-0.2, 0) is 26.2 Å². The molecule has 1 N–H and O–H groups in total. The van der Waals surface area contributed by atoms with E-state index in [9.17, 15) is 26.8 Å². The number of hydrogen-bond acceptors (Lipinski definition) is 4. The van der Waals surface area contributed by atoms with Crippen molar-refractivity contribution in [3.05, 3.63) is 64.7 Å². The second kappa shape index (κ2) is 11.4. The first-order chi connectivity index (χ1) is 15.4. The predicted molar refractivity (Wildman–Crippen MR) is 123 cm³/mol. The number of amides is 2. The molecule has 0 saturated heterocycles. The lowest BCUT2D eigenvalue weighted by Gasteiger charge is -2.31. The molecule has 33 heavy (non-hydrogen) atoms. The third-order valence-corrected chi connectivity index (χ3v) is 6.20. The highest BCUT2D eigenvalue weighted by atomic mass is 35.5. The fourth-order valence-corrected chi connectivity index (χ4v) is 4.12. The molecule has 2 aromatic carbocycles. The second-order valence-electron chi connectivity index (χ2n) is 7.49. The Morgan fingerprint density at radius 3 is 2.39 bits per heavy atom. The summed E-state index contributed by atoms with van der Waals surface area (Å²) in [5.41, 5.74) is 0.417. The number of carbonyl (C=O) groups excluding carboxylic acids is 2. The molecule has 2 amide bonds. The van der Waals surface area contributed by atoms with E-state index in [1.165, 1.54) is 11.8 Å². The summed E-state index contributed by atoms with van der Waals surface area (Å²) < 4.78 is 52.5. The number of halogens is 3. The molecular formula is C22H26ClF2N3O4S. The number of benzene rings is 2. The van der Waals surface area contributed by atoms with Gasteiger partial charge in [0.05, 0.1) is 11.9 Å². The molecule has 180 valence electrons. The van der Waals surface area contributed by atoms with Gasteiger partial charge in [0.1, 0.15) is 12.6 Å². The van der Waals surface area contributed by atoms with E-state index in [0.717, 1.165) is 18.4 Å². The van der Waals surface area contributed by atoms with Crippen LogP contribution in [0.25, 0.3) is 0 Å². The van der Waals surface area contributed by atoms with Crippen molar-refractivity contribution in [1.29, 1.82) is 0 Å². The van der Waals surface area contributed by atoms with Crippen LogP contribution in [0.1, 0.15) is 25.8 Å². The normalized spacial score (nSPS) is 12.2. The Kier molecular flexibility index (Phi) is 9.18. The lowest BCUT2D eigenvalue weighted by Crippen LogP contribution is -2.51. The molecule has 7 nitrogen and oxygen atoms in total. The minimum Gasteiger partial charge on any atom is -0.354 e. The molecule has 1 atom stereocenters. The minimum atomic E-state index is -4.04. The van der Waals surface area contributed by atoms with Crippen LogP contribution >= 0.6 is 11.6 Å². The molecule has 0 bridgehead atoms. The molecule has 0 unspecified atom stereocenters. The lowest BCUT2D eigenvalue weighted by molar-refractivity contribution is -0.139. The van der Waals surface area contributed by atoms with Crippen molar-refractivity contribution in [2.45, 2.75) is 32.9 Å². The fraction of sp³-hybridized carbons (Fsp3) is 0.364. The van der Waals surface area contributed by atoms with Gasteiger partial charge in [-0.2, -0.15) is 0 Å². The third kappa shape index (κ3) is 7.40. The minimum absolute atomic E-state index is 0.0184. The van der Waals surface area contributed by atoms with E-state index in [-0.39, 0.29) is 12.2 Å². The van der Waals surface area contributed by atoms with Gasteiger partial charge in [-0.3, -0.25) is 13.9 Å². The van der Waals surface area contributed by atoms with Crippen molar-refractivity contribution >= 4 is 39.1 Å². The molecular weight excluding hydrogens is 476 g/mol. The van der Waals surface area contributed by atoms with Crippen LogP contribution in [-0.4, -0.2) is 50.5 Å². The van der Waals surface area contributed by atoms with Gasteiger partial charge in [-0.1, -0.05) is 30.7 Å². The highest BCUT2D eigenvalue weighted by molar-refractivity contribution is 7.92. The molecule has 2 aromatic rings. The van der Waals surface area contributed by atoms with Crippen molar-refractivity contribution in [3.8, 4) is 0 Å². The number of hydrogen-bond donors (Lipinski definition) is 1. The van der Waals surface area contributed by atoms with Gasteiger partial charge in [0, 0.05) is 24.2 Å². The summed E-state index contributed by atoms with van der Waals surface area (Å²) in [6.07, 6.45) is 1.54. The van der Waals surface area contributed by atoms with Gasteiger partial charge in [0.2, 0.25) is 21.8 Å². The Balaban J connectivity index is 2.39. The number of anilines is 1. The van der Waals surface area contributed by atoms with E-state index >= 15 is 0 Å². The molecule has 11 heteroatoms. The molecule has 0 radical (unpaired) electrons. The first-order valence-corrected chi connectivity index (χ1v) is 12.4. The van der Waals surface area contributed by atoms with Crippen LogP contribution in [0.2, 0.25) is 5.02 Å². The SMILES string of the molecule is CCCNC(=O)[C@H](C)N(Cc1cccc(Cl)c1)C(=O)CN(c1ccc(F)c(F)c1)S(C)(=O)=O. The molecule has 0 fully saturated rings. The first-order valence-electron chi connectivity index (χ1n) is 10.2. The van der Waals surface area contributed by atoms with Crippen molar-refractivity contribution in [1.82, 2.24) is 10.2 Å². The van der Waals surface area contributed by atoms with Crippen LogP contribution in [0.5, 0.6) is 0 Å². The molecule has 2 rings (SSSR count). The van der Waals surface area contributed by atoms with Gasteiger partial charge in [-0.05, 0) is 43.2 Å². The van der Waals surface area contributed by atoms with Gasteiger partial charge in [-0.15, -0.1) is 0 Å². The zero-order valence-corrected chi connectivity index (χ0v) is 20.1. The third-order valence-electron chi connectivity index (χ3n) is 4.83. The highest BCUT2D eigenvalue weighted by Gasteiger charge is 2.30. The van der Waals surface area contributed by atoms with Gasteiger partial charge in [0.15, 0.2) is 11.6 Å². The molecule has 0 heterocycles. The quantitative estimate of drug-likeness (QED) is 0.541. The number of sulfonamides is 1. The van der Waals surface area contributed by atoms with Gasteiger partial charge in [-0.25, -0.2) is 17.2 Å². The van der Waals surface area contributed by atoms with Crippen LogP contribution < -0.4 is 9.62 Å². The highest BCUT2D eigenvalue weighted by Crippen LogP contribution is 2.22. The lowest BCUT2D eigenvalue weighted by atomic mass is 10.1. The first kappa shape index (κ1) is 26.5. The Morgan fingerprint density at radius 2 is 1.82 bits per heavy atom. The Morgan fingerprint density at radius 1 is 1.12 bits per heavy atom. The average Bonchev–Trinajstić information content (AvgIpc) is 2.74. The van der Waals surface area contributed by atoms with Gasteiger partial charge >= 0.3 is 0 Å². The van der Waals surface area contributed by atoms with Crippen molar-refractivity contribution in [2.24, 2.45) is 0 Å². The molecule has 0 spiro atoms. The number of carbonyl (C=O) groups is 2. The molecule has 0 saturated carbocycles. The van der Waals surface area contributed by atoms with Crippen LogP contribution in [0.3, 0.4) is 0 Å². The zero-order valence-electron chi connectivity index (χ0n) is 18.5. The van der Waals surface area contributed by atoms with E-state index in [1.807, 2.05) is 6.92 Å². The standard InChI is InChI=1S/C22H26ClF2N3O4S/c1-4-10-26-22(30)15(2)27(13-16-6-5-7-17(23)11-16)21(29)14-28(33(3,31)32)18-8-9-19(24)20(25)12-18/h5-9,11-12,15H,4,10,13-14H2,1-3H3,(H,26,30)/t15-/m0/s1. The monoisotopic (exact) mass is 501 g/mol. The van der Waals surface area contributed by atoms with E-state index in [4.69, 9.17) is 11.6 Å². The summed E-state index contributed by atoms with van der Waals surface area (Å²) >= 11 is 6.03. The molecule has 0 aliphatic rings. The summed E-state index contributed by atoms with van der Waals surface area (Å²) in [5, 5.41) is 3.14. The average molecular weight is 502 g/mol. The molecule has 0 aliphatic heterocycles. The Bertz CT molecular complexity index is 1110. The number of rotatable bonds is 10. The topological polar surface area (TPSA) is 86.8 Å². The maximum absolute atomic E-state index is 13.7. The van der Waals surface area contributed by atoms with E-state index < -0.39 is 46.1 Å². The van der Waals surface area contributed by atoms with Gasteiger partial charge < -0.3 is 10.2 Å². The zero-order chi connectivity index (χ0) is 24.8. The van der Waals surface area contributed by atoms with E-state index in [1.54, 1.807) is 24.3 Å². The maximum Gasteiger partial charge on any atom is 0.244 e. The maximum atomic E-state index is 13.7. The van der Waals surface area contributed by atoms with Crippen LogP contribution in [0.4, 0.5) is 14.5 Å². The fourth-order valence-electron chi connectivity index (χ4n) is 3.06. The van der Waals surface area contributed by atoms with Gasteiger partial charge in [0.25, 0.3) is 0 Å². The van der Waals surface area contributed by atoms with Crippen molar-refractivity contribution in [3.63, 3.8) is 0 Å². The van der Waals surface area contributed by atoms with E-state index in [2.05, 4.69) is 5.32 Å². The molecule has 0 aliphatic carbocycles. The molecule has 0 aromatic heterocycles. The number of nitrogens with one attached hydrogen (secondary N) is 1. The largest absolute Gasteiger partial charge is 0.354 e.